The SMILES string of the molecule is COc1ccccc1/C=N/NC(=O)c1cc(Cl)ccc1O. The van der Waals surface area contributed by atoms with Gasteiger partial charge in [0.25, 0.3) is 5.91 Å². The van der Waals surface area contributed by atoms with Gasteiger partial charge >= 0.3 is 0 Å². The van der Waals surface area contributed by atoms with Crippen LogP contribution in [0.1, 0.15) is 15.9 Å². The van der Waals surface area contributed by atoms with Crippen LogP contribution in [0, 0.1) is 0 Å². The summed E-state index contributed by atoms with van der Waals surface area (Å²) in [5, 5.41) is 13.8. The van der Waals surface area contributed by atoms with Crippen LogP contribution >= 0.6 is 11.6 Å². The third-order valence-corrected chi connectivity index (χ3v) is 2.95. The first-order chi connectivity index (χ1) is 10.1. The molecule has 0 unspecified atom stereocenters. The van der Waals surface area contributed by atoms with Crippen LogP contribution in [0.4, 0.5) is 0 Å². The number of carbonyl (C=O) groups excluding carboxylic acids is 1. The van der Waals surface area contributed by atoms with Gasteiger partial charge in [0.1, 0.15) is 11.5 Å². The average molecular weight is 305 g/mol. The van der Waals surface area contributed by atoms with Crippen LogP contribution in [0.2, 0.25) is 5.02 Å². The lowest BCUT2D eigenvalue weighted by atomic mass is 10.2. The number of ether oxygens (including phenoxy) is 1. The molecule has 1 amide bonds. The van der Waals surface area contributed by atoms with Crippen molar-refractivity contribution >= 4 is 23.7 Å². The number of aromatic hydroxyl groups is 1. The molecule has 0 aliphatic heterocycles. The minimum atomic E-state index is -0.554. The molecule has 0 aliphatic rings. The predicted molar refractivity (Wildman–Crippen MR) is 81.2 cm³/mol. The molecule has 2 N–H and O–H groups in total. The maximum atomic E-state index is 11.9. The van der Waals surface area contributed by atoms with Crippen LogP contribution in [0.15, 0.2) is 47.6 Å². The highest BCUT2D eigenvalue weighted by Gasteiger charge is 2.10. The number of rotatable bonds is 4. The van der Waals surface area contributed by atoms with Gasteiger partial charge in [-0.3, -0.25) is 4.79 Å². The van der Waals surface area contributed by atoms with Gasteiger partial charge in [0, 0.05) is 10.6 Å². The summed E-state index contributed by atoms with van der Waals surface area (Å²) in [5.74, 6) is -0.0772. The number of hydrazone groups is 1. The molecule has 0 spiro atoms. The van der Waals surface area contributed by atoms with E-state index >= 15 is 0 Å². The first-order valence-electron chi connectivity index (χ1n) is 6.06. The maximum Gasteiger partial charge on any atom is 0.275 e. The number of hydrogen-bond acceptors (Lipinski definition) is 4. The molecule has 5 nitrogen and oxygen atoms in total. The van der Waals surface area contributed by atoms with Crippen molar-refractivity contribution in [3.05, 3.63) is 58.6 Å². The highest BCUT2D eigenvalue weighted by atomic mass is 35.5. The molecular weight excluding hydrogens is 292 g/mol. The first-order valence-corrected chi connectivity index (χ1v) is 6.44. The molecule has 0 atom stereocenters. The second-order valence-corrected chi connectivity index (χ2v) is 4.54. The quantitative estimate of drug-likeness (QED) is 0.674. The van der Waals surface area contributed by atoms with Crippen LogP contribution in [0.5, 0.6) is 11.5 Å². The van der Waals surface area contributed by atoms with Crippen molar-refractivity contribution in [2.24, 2.45) is 5.10 Å². The van der Waals surface area contributed by atoms with Crippen LogP contribution < -0.4 is 10.2 Å². The topological polar surface area (TPSA) is 70.9 Å². The normalized spacial score (nSPS) is 10.6. The molecular formula is C15H13ClN2O3. The van der Waals surface area contributed by atoms with E-state index in [2.05, 4.69) is 10.5 Å². The largest absolute Gasteiger partial charge is 0.507 e. The Morgan fingerprint density at radius 1 is 1.33 bits per heavy atom. The van der Waals surface area contributed by atoms with Gasteiger partial charge in [-0.15, -0.1) is 0 Å². The van der Waals surface area contributed by atoms with Gasteiger partial charge in [0.15, 0.2) is 0 Å². The first kappa shape index (κ1) is 14.9. The monoisotopic (exact) mass is 304 g/mol. The van der Waals surface area contributed by atoms with Crippen LogP contribution in [0.25, 0.3) is 0 Å². The molecule has 0 aliphatic carbocycles. The number of phenols is 1. The molecule has 2 aromatic carbocycles. The van der Waals surface area contributed by atoms with E-state index in [1.54, 1.807) is 19.2 Å². The lowest BCUT2D eigenvalue weighted by Gasteiger charge is -2.04. The molecule has 108 valence electrons. The number of amides is 1. The van der Waals surface area contributed by atoms with Gasteiger partial charge in [-0.05, 0) is 30.3 Å². The molecule has 0 heterocycles. The van der Waals surface area contributed by atoms with Gasteiger partial charge < -0.3 is 9.84 Å². The number of carbonyl (C=O) groups is 1. The summed E-state index contributed by atoms with van der Waals surface area (Å²) in [5.41, 5.74) is 3.10. The van der Waals surface area contributed by atoms with Crippen molar-refractivity contribution in [3.8, 4) is 11.5 Å². The number of nitrogens with one attached hydrogen (secondary N) is 1. The standard InChI is InChI=1S/C15H13ClN2O3/c1-21-14-5-3-2-4-10(14)9-17-18-15(20)12-8-11(16)6-7-13(12)19/h2-9,19H,1H3,(H,18,20)/b17-9+. The lowest BCUT2D eigenvalue weighted by molar-refractivity contribution is 0.0952. The Morgan fingerprint density at radius 3 is 2.86 bits per heavy atom. The van der Waals surface area contributed by atoms with Crippen molar-refractivity contribution in [2.45, 2.75) is 0 Å². The minimum absolute atomic E-state index is 0.0553. The number of phenolic OH excluding ortho intramolecular Hbond substituents is 1. The fourth-order valence-electron chi connectivity index (χ4n) is 1.68. The molecule has 2 aromatic rings. The van der Waals surface area contributed by atoms with E-state index in [0.717, 1.165) is 5.56 Å². The predicted octanol–water partition coefficient (Wildman–Crippen LogP) is 2.82. The molecule has 2 rings (SSSR count). The summed E-state index contributed by atoms with van der Waals surface area (Å²) < 4.78 is 5.16. The van der Waals surface area contributed by atoms with Gasteiger partial charge in [0.05, 0.1) is 18.9 Å². The zero-order valence-corrected chi connectivity index (χ0v) is 12.0. The van der Waals surface area contributed by atoms with Gasteiger partial charge in [-0.1, -0.05) is 23.7 Å². The molecule has 0 saturated heterocycles. The van der Waals surface area contributed by atoms with E-state index < -0.39 is 5.91 Å². The van der Waals surface area contributed by atoms with E-state index in [1.807, 2.05) is 12.1 Å². The van der Waals surface area contributed by atoms with Gasteiger partial charge in [-0.2, -0.15) is 5.10 Å². The molecule has 21 heavy (non-hydrogen) atoms. The van der Waals surface area contributed by atoms with Crippen molar-refractivity contribution in [2.75, 3.05) is 7.11 Å². The maximum absolute atomic E-state index is 11.9. The Labute approximate surface area is 126 Å². The number of methoxy groups -OCH3 is 1. The second kappa shape index (κ2) is 6.76. The average Bonchev–Trinajstić information content (AvgIpc) is 2.50. The van der Waals surface area contributed by atoms with Crippen LogP contribution in [0.3, 0.4) is 0 Å². The fourth-order valence-corrected chi connectivity index (χ4v) is 1.86. The molecule has 0 radical (unpaired) electrons. The van der Waals surface area contributed by atoms with E-state index in [0.29, 0.717) is 10.8 Å². The van der Waals surface area contributed by atoms with Crippen molar-refractivity contribution in [1.82, 2.24) is 5.43 Å². The number of hydrogen-bond donors (Lipinski definition) is 2. The lowest BCUT2D eigenvalue weighted by Crippen LogP contribution is -2.17. The number of para-hydroxylation sites is 1. The van der Waals surface area contributed by atoms with Crippen LogP contribution in [-0.2, 0) is 0 Å². The molecule has 0 fully saturated rings. The minimum Gasteiger partial charge on any atom is -0.507 e. The number of nitrogens with zero attached hydrogens (tertiary/aromatic N) is 1. The summed E-state index contributed by atoms with van der Waals surface area (Å²) in [6.07, 6.45) is 1.46. The Morgan fingerprint density at radius 2 is 2.10 bits per heavy atom. The van der Waals surface area contributed by atoms with E-state index in [4.69, 9.17) is 16.3 Å². The molecule has 0 aromatic heterocycles. The summed E-state index contributed by atoms with van der Waals surface area (Å²) in [4.78, 5) is 11.9. The third-order valence-electron chi connectivity index (χ3n) is 2.71. The van der Waals surface area contributed by atoms with Gasteiger partial charge in [0.2, 0.25) is 0 Å². The zero-order valence-electron chi connectivity index (χ0n) is 11.2. The van der Waals surface area contributed by atoms with Crippen LogP contribution in [-0.4, -0.2) is 24.3 Å². The summed E-state index contributed by atoms with van der Waals surface area (Å²) in [7, 11) is 1.55. The molecule has 6 heteroatoms. The van der Waals surface area contributed by atoms with Gasteiger partial charge in [-0.25, -0.2) is 5.43 Å². The number of benzene rings is 2. The van der Waals surface area contributed by atoms with Crippen molar-refractivity contribution < 1.29 is 14.6 Å². The highest BCUT2D eigenvalue weighted by molar-refractivity contribution is 6.31. The van der Waals surface area contributed by atoms with E-state index in [1.165, 1.54) is 24.4 Å². The Kier molecular flexibility index (Phi) is 4.79. The number of halogens is 1. The van der Waals surface area contributed by atoms with E-state index in [-0.39, 0.29) is 11.3 Å². The molecule has 0 bridgehead atoms. The fraction of sp³-hybridized carbons (Fsp3) is 0.0667. The Bertz CT molecular complexity index is 686. The summed E-state index contributed by atoms with van der Waals surface area (Å²) in [6.45, 7) is 0. The zero-order chi connectivity index (χ0) is 15.2. The molecule has 0 saturated carbocycles. The van der Waals surface area contributed by atoms with Crippen molar-refractivity contribution in [3.63, 3.8) is 0 Å². The smallest absolute Gasteiger partial charge is 0.275 e. The Hall–Kier alpha value is -2.53. The van der Waals surface area contributed by atoms with E-state index in [9.17, 15) is 9.90 Å². The summed E-state index contributed by atoms with van der Waals surface area (Å²) in [6, 6.07) is 11.4. The second-order valence-electron chi connectivity index (χ2n) is 4.10. The highest BCUT2D eigenvalue weighted by Crippen LogP contribution is 2.21. The summed E-state index contributed by atoms with van der Waals surface area (Å²) >= 11 is 5.78. The third kappa shape index (κ3) is 3.73. The Balaban J connectivity index is 2.10. The van der Waals surface area contributed by atoms with Crippen molar-refractivity contribution in [1.29, 1.82) is 0 Å².